The minimum Gasteiger partial charge on any atom is -0.489 e. The smallest absolute Gasteiger partial charge is 0.226 e. The monoisotopic (exact) mass is 530 g/mol. The van der Waals surface area contributed by atoms with Crippen LogP contribution in [0.15, 0.2) is 36.8 Å². The van der Waals surface area contributed by atoms with Gasteiger partial charge in [0.15, 0.2) is 0 Å². The van der Waals surface area contributed by atoms with E-state index in [1.165, 1.54) is 6.20 Å². The zero-order valence-electron chi connectivity index (χ0n) is 22.3. The zero-order valence-corrected chi connectivity index (χ0v) is 22.3. The molecule has 2 N–H and O–H groups in total. The maximum Gasteiger partial charge on any atom is 0.226 e. The van der Waals surface area contributed by atoms with Gasteiger partial charge in [0.25, 0.3) is 0 Å². The van der Waals surface area contributed by atoms with Gasteiger partial charge in [-0.1, -0.05) is 0 Å². The fourth-order valence-corrected chi connectivity index (χ4v) is 6.16. The Morgan fingerprint density at radius 2 is 1.92 bits per heavy atom. The second-order valence-electron chi connectivity index (χ2n) is 11.8. The van der Waals surface area contributed by atoms with Crippen molar-refractivity contribution in [2.24, 2.45) is 5.92 Å². The number of aromatic nitrogens is 3. The van der Waals surface area contributed by atoms with Crippen molar-refractivity contribution in [2.45, 2.75) is 69.7 Å². The third-order valence-corrected chi connectivity index (χ3v) is 8.18. The molecule has 6 heterocycles. The lowest BCUT2D eigenvalue weighted by Gasteiger charge is -2.57. The average molecular weight is 531 g/mol. The van der Waals surface area contributed by atoms with E-state index in [4.69, 9.17) is 9.72 Å². The summed E-state index contributed by atoms with van der Waals surface area (Å²) >= 11 is 0. The first kappa shape index (κ1) is 25.6. The molecule has 0 radical (unpaired) electrons. The van der Waals surface area contributed by atoms with Gasteiger partial charge >= 0.3 is 0 Å². The molecule has 3 aliphatic heterocycles. The summed E-state index contributed by atoms with van der Waals surface area (Å²) in [4.78, 5) is 22.3. The van der Waals surface area contributed by atoms with Crippen LogP contribution in [-0.2, 0) is 4.79 Å². The Morgan fingerprint density at radius 1 is 1.18 bits per heavy atom. The van der Waals surface area contributed by atoms with Crippen LogP contribution in [0.3, 0.4) is 0 Å². The molecule has 3 aromatic rings. The third-order valence-electron chi connectivity index (χ3n) is 8.18. The summed E-state index contributed by atoms with van der Waals surface area (Å²) in [6.07, 6.45) is 8.82. The predicted octanol–water partition coefficient (Wildman–Crippen LogP) is 2.76. The van der Waals surface area contributed by atoms with Crippen LogP contribution in [0.25, 0.3) is 16.6 Å². The lowest BCUT2D eigenvalue weighted by molar-refractivity contribution is -0.152. The summed E-state index contributed by atoms with van der Waals surface area (Å²) in [5, 5.41) is 33.8. The Hall–Kier alpha value is -3.68. The summed E-state index contributed by atoms with van der Waals surface area (Å²) in [5.74, 6) is 1.70. The summed E-state index contributed by atoms with van der Waals surface area (Å²) in [6.45, 7) is 4.99. The van der Waals surface area contributed by atoms with Crippen LogP contribution in [0.4, 0.5) is 5.82 Å². The van der Waals surface area contributed by atoms with E-state index < -0.39 is 5.60 Å². The number of piperazine rings is 1. The van der Waals surface area contributed by atoms with E-state index in [1.807, 2.05) is 18.2 Å². The van der Waals surface area contributed by atoms with E-state index in [2.05, 4.69) is 21.0 Å². The van der Waals surface area contributed by atoms with Gasteiger partial charge in [-0.3, -0.25) is 4.79 Å². The topological polar surface area (TPSA) is 127 Å². The Balaban J connectivity index is 1.19. The minimum atomic E-state index is -0.992. The number of ether oxygens (including phenoxy) is 1. The minimum absolute atomic E-state index is 0.0459. The molecule has 39 heavy (non-hydrogen) atoms. The first-order chi connectivity index (χ1) is 18.7. The number of amides is 1. The van der Waals surface area contributed by atoms with Gasteiger partial charge in [-0.05, 0) is 64.2 Å². The van der Waals surface area contributed by atoms with Crippen LogP contribution < -0.4 is 9.64 Å². The van der Waals surface area contributed by atoms with Crippen molar-refractivity contribution in [3.05, 3.63) is 42.4 Å². The maximum absolute atomic E-state index is 13.2. The molecule has 1 aliphatic carbocycles. The average Bonchev–Trinajstić information content (AvgIpc) is 3.35. The molecule has 3 saturated heterocycles. The number of nitrogens with zero attached hydrogens (tertiary/aromatic N) is 6. The number of anilines is 1. The molecule has 2 bridgehead atoms. The number of carbonyl (C=O) groups excluding carboxylic acids is 1. The molecule has 0 spiro atoms. The van der Waals surface area contributed by atoms with E-state index in [9.17, 15) is 20.3 Å². The highest BCUT2D eigenvalue weighted by atomic mass is 16.5. The molecule has 4 fully saturated rings. The summed E-state index contributed by atoms with van der Waals surface area (Å²) < 4.78 is 7.45. The molecule has 2 unspecified atom stereocenters. The second-order valence-corrected chi connectivity index (χ2v) is 11.8. The van der Waals surface area contributed by atoms with Crippen LogP contribution in [0, 0.1) is 17.2 Å². The number of rotatable bonds is 6. The SMILES string of the molecule is CC(C)(O)COc1cc(-c2ccc(N3CC4CC(C3)N4C(=O)C3CCC(O)CC3)nc2)c2c(C#N)cnn2c1. The molecule has 10 heteroatoms. The number of aliphatic hydroxyl groups is 2. The van der Waals surface area contributed by atoms with Crippen LogP contribution in [-0.4, -0.2) is 79.1 Å². The van der Waals surface area contributed by atoms with Crippen LogP contribution in [0.2, 0.25) is 0 Å². The summed E-state index contributed by atoms with van der Waals surface area (Å²) in [6, 6.07) is 8.45. The lowest BCUT2D eigenvalue weighted by Crippen LogP contribution is -2.71. The highest BCUT2D eigenvalue weighted by Crippen LogP contribution is 2.38. The van der Waals surface area contributed by atoms with E-state index in [0.29, 0.717) is 16.8 Å². The summed E-state index contributed by atoms with van der Waals surface area (Å²) in [7, 11) is 0. The Labute approximate surface area is 227 Å². The highest BCUT2D eigenvalue weighted by Gasteiger charge is 2.49. The van der Waals surface area contributed by atoms with E-state index in [0.717, 1.165) is 62.1 Å². The molecule has 0 aromatic carbocycles. The fraction of sp³-hybridized carbons (Fsp3) is 0.517. The van der Waals surface area contributed by atoms with Crippen LogP contribution in [0.5, 0.6) is 5.75 Å². The number of fused-ring (bicyclic) bond motifs is 3. The van der Waals surface area contributed by atoms with E-state index in [1.54, 1.807) is 30.8 Å². The zero-order chi connectivity index (χ0) is 27.3. The molecule has 4 aliphatic rings. The Bertz CT molecular complexity index is 1400. The standard InChI is InChI=1S/C29H34N6O4/c1-29(2,38)17-39-24-10-25(27-20(11-30)13-32-34(27)16-24)19-5-8-26(31-12-19)33-14-21-9-22(15-33)35(21)28(37)18-3-6-23(36)7-4-18/h5,8,10,12-13,16,18,21-23,36,38H,3-4,6-7,9,14-15,17H2,1-2H3. The number of hydrogen-bond donors (Lipinski definition) is 2. The van der Waals surface area contributed by atoms with E-state index in [-0.39, 0.29) is 36.6 Å². The van der Waals surface area contributed by atoms with Crippen molar-refractivity contribution in [3.63, 3.8) is 0 Å². The number of carbonyl (C=O) groups is 1. The molecule has 1 saturated carbocycles. The highest BCUT2D eigenvalue weighted by molar-refractivity contribution is 5.85. The number of nitriles is 1. The third kappa shape index (κ3) is 4.92. The molecule has 3 aromatic heterocycles. The molecule has 7 rings (SSSR count). The van der Waals surface area contributed by atoms with Crippen molar-refractivity contribution in [1.82, 2.24) is 19.5 Å². The molecular formula is C29H34N6O4. The quantitative estimate of drug-likeness (QED) is 0.498. The second kappa shape index (κ2) is 9.81. The van der Waals surface area contributed by atoms with Crippen LogP contribution >= 0.6 is 0 Å². The molecule has 204 valence electrons. The van der Waals surface area contributed by atoms with Crippen molar-refractivity contribution < 1.29 is 19.7 Å². The number of aliphatic hydroxyl groups excluding tert-OH is 1. The van der Waals surface area contributed by atoms with Crippen molar-refractivity contribution in [2.75, 3.05) is 24.6 Å². The maximum atomic E-state index is 13.2. The van der Waals surface area contributed by atoms with Gasteiger partial charge in [-0.2, -0.15) is 10.4 Å². The van der Waals surface area contributed by atoms with Crippen molar-refractivity contribution in [3.8, 4) is 22.9 Å². The fourth-order valence-electron chi connectivity index (χ4n) is 6.16. The number of hydrogen-bond acceptors (Lipinski definition) is 8. The first-order valence-corrected chi connectivity index (χ1v) is 13.7. The number of piperidine rings is 1. The molecule has 1 amide bonds. The van der Waals surface area contributed by atoms with Gasteiger partial charge in [0.1, 0.15) is 24.2 Å². The Morgan fingerprint density at radius 3 is 2.56 bits per heavy atom. The molecule has 2 atom stereocenters. The van der Waals surface area contributed by atoms with Gasteiger partial charge in [0.05, 0.1) is 47.3 Å². The normalized spacial score (nSPS) is 24.8. The van der Waals surface area contributed by atoms with Gasteiger partial charge in [-0.15, -0.1) is 0 Å². The first-order valence-electron chi connectivity index (χ1n) is 13.7. The van der Waals surface area contributed by atoms with Gasteiger partial charge < -0.3 is 24.7 Å². The van der Waals surface area contributed by atoms with Gasteiger partial charge in [0.2, 0.25) is 5.91 Å². The lowest BCUT2D eigenvalue weighted by atomic mass is 9.81. The van der Waals surface area contributed by atoms with E-state index >= 15 is 0 Å². The summed E-state index contributed by atoms with van der Waals surface area (Å²) in [5.41, 5.74) is 1.73. The van der Waals surface area contributed by atoms with Gasteiger partial charge in [-0.25, -0.2) is 9.50 Å². The van der Waals surface area contributed by atoms with Crippen LogP contribution in [0.1, 0.15) is 51.5 Å². The molecular weight excluding hydrogens is 496 g/mol. The Kier molecular flexibility index (Phi) is 6.44. The van der Waals surface area contributed by atoms with Crippen molar-refractivity contribution >= 4 is 17.2 Å². The predicted molar refractivity (Wildman–Crippen MR) is 144 cm³/mol. The van der Waals surface area contributed by atoms with Gasteiger partial charge in [0, 0.05) is 36.3 Å². The number of pyridine rings is 2. The van der Waals surface area contributed by atoms with Crippen molar-refractivity contribution in [1.29, 1.82) is 5.26 Å². The largest absolute Gasteiger partial charge is 0.489 e. The molecule has 10 nitrogen and oxygen atoms in total.